The van der Waals surface area contributed by atoms with Crippen molar-refractivity contribution in [2.45, 2.75) is 0 Å². The van der Waals surface area contributed by atoms with E-state index in [1.807, 2.05) is 16.8 Å². The Balaban J connectivity index is 2.10. The molecule has 2 N–H and O–H groups in total. The van der Waals surface area contributed by atoms with Gasteiger partial charge in [0.25, 0.3) is 5.91 Å². The first-order chi connectivity index (χ1) is 6.75. The zero-order valence-electron chi connectivity index (χ0n) is 7.08. The molecule has 5 heteroatoms. The number of anilines is 1. The summed E-state index contributed by atoms with van der Waals surface area (Å²) in [6.45, 7) is 0. The number of rotatable bonds is 2. The molecule has 2 heterocycles. The van der Waals surface area contributed by atoms with Crippen LogP contribution in [-0.4, -0.2) is 10.9 Å². The van der Waals surface area contributed by atoms with Crippen LogP contribution in [0.3, 0.4) is 0 Å². The van der Waals surface area contributed by atoms with Gasteiger partial charge in [-0.15, -0.1) is 0 Å². The molecule has 0 saturated carbocycles. The first kappa shape index (κ1) is 9.48. The molecule has 2 aromatic heterocycles. The van der Waals surface area contributed by atoms with Gasteiger partial charge in [-0.25, -0.2) is 0 Å². The monoisotopic (exact) mass is 270 g/mol. The lowest BCUT2D eigenvalue weighted by atomic mass is 10.4. The van der Waals surface area contributed by atoms with E-state index in [-0.39, 0.29) is 5.91 Å². The van der Waals surface area contributed by atoms with Crippen LogP contribution >= 0.6 is 27.3 Å². The van der Waals surface area contributed by atoms with Crippen molar-refractivity contribution in [3.05, 3.63) is 39.3 Å². The maximum atomic E-state index is 11.6. The van der Waals surface area contributed by atoms with Crippen LogP contribution in [0, 0.1) is 0 Å². The Bertz CT molecular complexity index is 435. The van der Waals surface area contributed by atoms with E-state index in [0.29, 0.717) is 5.69 Å². The van der Waals surface area contributed by atoms with Gasteiger partial charge in [-0.05, 0) is 33.4 Å². The number of aromatic amines is 1. The zero-order valence-corrected chi connectivity index (χ0v) is 9.48. The van der Waals surface area contributed by atoms with Gasteiger partial charge >= 0.3 is 0 Å². The van der Waals surface area contributed by atoms with Gasteiger partial charge in [0.05, 0.1) is 5.69 Å². The van der Waals surface area contributed by atoms with Gasteiger partial charge in [-0.2, -0.15) is 11.3 Å². The van der Waals surface area contributed by atoms with Crippen molar-refractivity contribution < 1.29 is 4.79 Å². The van der Waals surface area contributed by atoms with Crippen molar-refractivity contribution in [3.8, 4) is 0 Å². The van der Waals surface area contributed by atoms with Crippen molar-refractivity contribution in [1.82, 2.24) is 4.98 Å². The number of hydrogen-bond acceptors (Lipinski definition) is 2. The van der Waals surface area contributed by atoms with E-state index < -0.39 is 0 Å². The molecule has 0 aliphatic carbocycles. The molecular weight excluding hydrogens is 264 g/mol. The SMILES string of the molecule is O=C(Nc1ccsc1)c1cc(Br)c[nH]1. The highest BCUT2D eigenvalue weighted by Crippen LogP contribution is 2.15. The highest BCUT2D eigenvalue weighted by atomic mass is 79.9. The number of nitrogens with one attached hydrogen (secondary N) is 2. The second-order valence-electron chi connectivity index (χ2n) is 2.70. The second-order valence-corrected chi connectivity index (χ2v) is 4.39. The zero-order chi connectivity index (χ0) is 9.97. The summed E-state index contributed by atoms with van der Waals surface area (Å²) in [5.41, 5.74) is 1.37. The summed E-state index contributed by atoms with van der Waals surface area (Å²) in [5.74, 6) is -0.130. The van der Waals surface area contributed by atoms with E-state index >= 15 is 0 Å². The van der Waals surface area contributed by atoms with Crippen molar-refractivity contribution in [2.75, 3.05) is 5.32 Å². The topological polar surface area (TPSA) is 44.9 Å². The minimum atomic E-state index is -0.130. The quantitative estimate of drug-likeness (QED) is 0.866. The fourth-order valence-corrected chi connectivity index (χ4v) is 1.96. The lowest BCUT2D eigenvalue weighted by molar-refractivity contribution is 0.102. The predicted molar refractivity (Wildman–Crippen MR) is 60.8 cm³/mol. The van der Waals surface area contributed by atoms with E-state index in [4.69, 9.17) is 0 Å². The highest BCUT2D eigenvalue weighted by molar-refractivity contribution is 9.10. The number of aromatic nitrogens is 1. The summed E-state index contributed by atoms with van der Waals surface area (Å²) in [5, 5.41) is 6.57. The molecule has 1 amide bonds. The van der Waals surface area contributed by atoms with Crippen LogP contribution in [0.15, 0.2) is 33.6 Å². The Morgan fingerprint density at radius 3 is 3.00 bits per heavy atom. The molecule has 0 atom stereocenters. The minimum absolute atomic E-state index is 0.130. The second kappa shape index (κ2) is 3.98. The molecule has 0 aliphatic heterocycles. The summed E-state index contributed by atoms with van der Waals surface area (Å²) < 4.78 is 0.868. The Kier molecular flexibility index (Phi) is 2.69. The summed E-state index contributed by atoms with van der Waals surface area (Å²) in [4.78, 5) is 14.4. The van der Waals surface area contributed by atoms with Crippen molar-refractivity contribution in [1.29, 1.82) is 0 Å². The fourth-order valence-electron chi connectivity index (χ4n) is 1.03. The van der Waals surface area contributed by atoms with E-state index in [1.165, 1.54) is 0 Å². The highest BCUT2D eigenvalue weighted by Gasteiger charge is 2.07. The molecule has 14 heavy (non-hydrogen) atoms. The van der Waals surface area contributed by atoms with Crippen LogP contribution in [0.25, 0.3) is 0 Å². The molecular formula is C9H7BrN2OS. The molecule has 0 radical (unpaired) electrons. The molecule has 2 rings (SSSR count). The smallest absolute Gasteiger partial charge is 0.272 e. The normalized spacial score (nSPS) is 10.1. The first-order valence-electron chi connectivity index (χ1n) is 3.93. The maximum Gasteiger partial charge on any atom is 0.272 e. The van der Waals surface area contributed by atoms with Crippen molar-refractivity contribution >= 4 is 38.9 Å². The van der Waals surface area contributed by atoms with Crippen LogP contribution in [0.1, 0.15) is 10.5 Å². The van der Waals surface area contributed by atoms with Crippen LogP contribution in [-0.2, 0) is 0 Å². The van der Waals surface area contributed by atoms with Gasteiger partial charge in [0.15, 0.2) is 0 Å². The molecule has 0 unspecified atom stereocenters. The first-order valence-corrected chi connectivity index (χ1v) is 5.67. The molecule has 0 aromatic carbocycles. The number of hydrogen-bond donors (Lipinski definition) is 2. The van der Waals surface area contributed by atoms with E-state index in [2.05, 4.69) is 26.2 Å². The van der Waals surface area contributed by atoms with Crippen LogP contribution in [0.2, 0.25) is 0 Å². The summed E-state index contributed by atoms with van der Waals surface area (Å²) in [7, 11) is 0. The number of carbonyl (C=O) groups excluding carboxylic acids is 1. The average Bonchev–Trinajstić information content (AvgIpc) is 2.75. The molecule has 0 bridgehead atoms. The van der Waals surface area contributed by atoms with Gasteiger partial charge < -0.3 is 10.3 Å². The standard InChI is InChI=1S/C9H7BrN2OS/c10-6-3-8(11-4-6)9(13)12-7-1-2-14-5-7/h1-5,11H,(H,12,13). The van der Waals surface area contributed by atoms with Crippen LogP contribution in [0.4, 0.5) is 5.69 Å². The van der Waals surface area contributed by atoms with Crippen LogP contribution < -0.4 is 5.32 Å². The van der Waals surface area contributed by atoms with Crippen LogP contribution in [0.5, 0.6) is 0 Å². The minimum Gasteiger partial charge on any atom is -0.356 e. The number of H-pyrrole nitrogens is 1. The average molecular weight is 271 g/mol. The Morgan fingerprint density at radius 2 is 2.43 bits per heavy atom. The summed E-state index contributed by atoms with van der Waals surface area (Å²) >= 11 is 4.82. The van der Waals surface area contributed by atoms with E-state index in [0.717, 1.165) is 10.2 Å². The molecule has 3 nitrogen and oxygen atoms in total. The molecule has 0 saturated heterocycles. The summed E-state index contributed by atoms with van der Waals surface area (Å²) in [6.07, 6.45) is 1.72. The Labute approximate surface area is 93.3 Å². The number of halogens is 1. The van der Waals surface area contributed by atoms with Crippen molar-refractivity contribution in [3.63, 3.8) is 0 Å². The Morgan fingerprint density at radius 1 is 1.57 bits per heavy atom. The predicted octanol–water partition coefficient (Wildman–Crippen LogP) is 3.09. The molecule has 72 valence electrons. The van der Waals surface area contributed by atoms with Gasteiger partial charge in [-0.3, -0.25) is 4.79 Å². The van der Waals surface area contributed by atoms with Gasteiger partial charge in [0, 0.05) is 16.0 Å². The van der Waals surface area contributed by atoms with Crippen molar-refractivity contribution in [2.24, 2.45) is 0 Å². The third-order valence-electron chi connectivity index (χ3n) is 1.67. The third kappa shape index (κ3) is 2.05. The lowest BCUT2D eigenvalue weighted by Gasteiger charge is -1.98. The molecule has 0 aliphatic rings. The summed E-state index contributed by atoms with van der Waals surface area (Å²) in [6, 6.07) is 3.60. The number of amides is 1. The Hall–Kier alpha value is -1.07. The van der Waals surface area contributed by atoms with Gasteiger partial charge in [0.2, 0.25) is 0 Å². The van der Waals surface area contributed by atoms with Gasteiger partial charge in [0.1, 0.15) is 5.69 Å². The largest absolute Gasteiger partial charge is 0.356 e. The molecule has 0 fully saturated rings. The lowest BCUT2D eigenvalue weighted by Crippen LogP contribution is -2.11. The van der Waals surface area contributed by atoms with Gasteiger partial charge in [-0.1, -0.05) is 0 Å². The number of carbonyl (C=O) groups is 1. The fraction of sp³-hybridized carbons (Fsp3) is 0. The molecule has 2 aromatic rings. The third-order valence-corrected chi connectivity index (χ3v) is 2.81. The maximum absolute atomic E-state index is 11.6. The van der Waals surface area contributed by atoms with E-state index in [1.54, 1.807) is 23.6 Å². The van der Waals surface area contributed by atoms with E-state index in [9.17, 15) is 4.79 Å². The molecule has 0 spiro atoms. The number of thiophene rings is 1.